The summed E-state index contributed by atoms with van der Waals surface area (Å²) in [5, 5.41) is 31.6. The second-order valence-electron chi connectivity index (χ2n) is 5.26. The minimum Gasteiger partial charge on any atom is -0.369 e. The van der Waals surface area contributed by atoms with Crippen molar-refractivity contribution in [3.63, 3.8) is 0 Å². The predicted octanol–water partition coefficient (Wildman–Crippen LogP) is 5.60. The van der Waals surface area contributed by atoms with Gasteiger partial charge in [-0.2, -0.15) is 5.26 Å². The molecule has 10 heteroatoms. The first-order valence-electron chi connectivity index (χ1n) is 7.38. The number of aromatic nitrogens is 1. The Morgan fingerprint density at radius 2 is 2.15 bits per heavy atom. The lowest BCUT2D eigenvalue weighted by atomic mass is 10.2. The van der Waals surface area contributed by atoms with E-state index in [2.05, 4.69) is 26.6 Å². The molecule has 0 spiro atoms. The number of nitrogens with zero attached hydrogens (tertiary/aromatic N) is 5. The van der Waals surface area contributed by atoms with Gasteiger partial charge in [0.25, 0.3) is 5.69 Å². The van der Waals surface area contributed by atoms with Gasteiger partial charge in [-0.3, -0.25) is 10.1 Å². The Bertz CT molecular complexity index is 1060. The van der Waals surface area contributed by atoms with Crippen LogP contribution in [0.1, 0.15) is 6.92 Å². The Morgan fingerprint density at radius 1 is 1.35 bits per heavy atom. The van der Waals surface area contributed by atoms with Gasteiger partial charge in [-0.05, 0) is 31.2 Å². The Morgan fingerprint density at radius 3 is 2.85 bits per heavy atom. The van der Waals surface area contributed by atoms with Crippen LogP contribution in [-0.2, 0) is 0 Å². The smallest absolute Gasteiger partial charge is 0.270 e. The van der Waals surface area contributed by atoms with Gasteiger partial charge in [-0.15, -0.1) is 10.2 Å². The molecule has 0 aliphatic carbocycles. The monoisotopic (exact) mass is 386 g/mol. The number of nitro benzene ring substituents is 1. The first-order valence-corrected chi connectivity index (χ1v) is 8.58. The molecule has 2 aromatic carbocycles. The number of nitro groups is 1. The Balaban J connectivity index is 1.81. The molecule has 0 fully saturated rings. The van der Waals surface area contributed by atoms with E-state index in [1.807, 2.05) is 0 Å². The van der Waals surface area contributed by atoms with Gasteiger partial charge in [-0.25, -0.2) is 4.98 Å². The van der Waals surface area contributed by atoms with Crippen molar-refractivity contribution < 1.29 is 4.92 Å². The standard InChI is InChI=1S/C16H11ClN6O2S/c1-9(8-18)19-13-4-2-10(6-12(13)17)21-22-16-20-14-5-3-11(23(24)25)7-15(14)26-16/h2-7,9,19H,1H3. The fourth-order valence-electron chi connectivity index (χ4n) is 2.11. The fraction of sp³-hybridized carbons (Fsp3) is 0.125. The van der Waals surface area contributed by atoms with Crippen LogP contribution in [0.25, 0.3) is 10.2 Å². The molecule has 1 aromatic heterocycles. The third-order valence-electron chi connectivity index (χ3n) is 3.34. The van der Waals surface area contributed by atoms with E-state index in [0.29, 0.717) is 31.7 Å². The average Bonchev–Trinajstić information content (AvgIpc) is 3.03. The highest BCUT2D eigenvalue weighted by molar-refractivity contribution is 7.21. The highest BCUT2D eigenvalue weighted by atomic mass is 35.5. The fourth-order valence-corrected chi connectivity index (χ4v) is 3.16. The minimum atomic E-state index is -0.453. The number of azo groups is 1. The highest BCUT2D eigenvalue weighted by Gasteiger charge is 2.10. The Kier molecular flexibility index (Phi) is 5.06. The van der Waals surface area contributed by atoms with Crippen LogP contribution in [0, 0.1) is 21.4 Å². The summed E-state index contributed by atoms with van der Waals surface area (Å²) in [5.74, 6) is 0. The van der Waals surface area contributed by atoms with Crippen molar-refractivity contribution in [3.8, 4) is 6.07 Å². The molecular weight excluding hydrogens is 376 g/mol. The molecule has 0 amide bonds. The molecule has 3 aromatic rings. The highest BCUT2D eigenvalue weighted by Crippen LogP contribution is 2.33. The second-order valence-corrected chi connectivity index (χ2v) is 6.68. The van der Waals surface area contributed by atoms with Crippen LogP contribution in [0.3, 0.4) is 0 Å². The van der Waals surface area contributed by atoms with Gasteiger partial charge in [0.05, 0.1) is 37.6 Å². The van der Waals surface area contributed by atoms with Crippen LogP contribution in [-0.4, -0.2) is 15.9 Å². The maximum absolute atomic E-state index is 10.8. The summed E-state index contributed by atoms with van der Waals surface area (Å²) in [6, 6.07) is 11.2. The SMILES string of the molecule is CC(C#N)Nc1ccc(N=Nc2nc3ccc([N+](=O)[O-])cc3s2)cc1Cl. The lowest BCUT2D eigenvalue weighted by molar-refractivity contribution is -0.384. The lowest BCUT2D eigenvalue weighted by Gasteiger charge is -2.09. The quantitative estimate of drug-likeness (QED) is 0.348. The van der Waals surface area contributed by atoms with Crippen LogP contribution in [0.5, 0.6) is 0 Å². The molecule has 1 atom stereocenters. The molecule has 0 bridgehead atoms. The summed E-state index contributed by atoms with van der Waals surface area (Å²) in [6.45, 7) is 1.72. The van der Waals surface area contributed by atoms with Gasteiger partial charge < -0.3 is 5.32 Å². The molecule has 0 saturated carbocycles. The number of benzene rings is 2. The predicted molar refractivity (Wildman–Crippen MR) is 101 cm³/mol. The molecule has 0 aliphatic heterocycles. The number of anilines is 1. The van der Waals surface area contributed by atoms with Gasteiger partial charge in [-0.1, -0.05) is 22.9 Å². The van der Waals surface area contributed by atoms with Crippen molar-refractivity contribution in [1.82, 2.24) is 4.98 Å². The molecule has 3 rings (SSSR count). The molecular formula is C16H11ClN6O2S. The third-order valence-corrected chi connectivity index (χ3v) is 4.56. The number of thiazole rings is 1. The van der Waals surface area contributed by atoms with Gasteiger partial charge in [0, 0.05) is 12.1 Å². The van der Waals surface area contributed by atoms with E-state index >= 15 is 0 Å². The van der Waals surface area contributed by atoms with Crippen LogP contribution in [0.4, 0.5) is 22.2 Å². The number of nitriles is 1. The second kappa shape index (κ2) is 7.43. The van der Waals surface area contributed by atoms with E-state index in [0.717, 1.165) is 0 Å². The van der Waals surface area contributed by atoms with Crippen LogP contribution in [0.15, 0.2) is 46.6 Å². The molecule has 8 nitrogen and oxygen atoms in total. The van der Waals surface area contributed by atoms with Gasteiger partial charge >= 0.3 is 0 Å². The van der Waals surface area contributed by atoms with Gasteiger partial charge in [0.15, 0.2) is 0 Å². The van der Waals surface area contributed by atoms with Crippen molar-refractivity contribution in [3.05, 3.63) is 51.5 Å². The summed E-state index contributed by atoms with van der Waals surface area (Å²) >= 11 is 7.38. The Labute approximate surface area is 156 Å². The van der Waals surface area contributed by atoms with Gasteiger partial charge in [0.1, 0.15) is 6.04 Å². The normalized spacial score (nSPS) is 12.2. The van der Waals surface area contributed by atoms with Gasteiger partial charge in [0.2, 0.25) is 5.13 Å². The van der Waals surface area contributed by atoms with E-state index in [-0.39, 0.29) is 11.7 Å². The maximum atomic E-state index is 10.8. The van der Waals surface area contributed by atoms with Crippen molar-refractivity contribution in [2.24, 2.45) is 10.2 Å². The molecule has 26 heavy (non-hydrogen) atoms. The first kappa shape index (κ1) is 17.7. The van der Waals surface area contributed by atoms with Crippen LogP contribution >= 0.6 is 22.9 Å². The van der Waals surface area contributed by atoms with E-state index in [1.165, 1.54) is 23.5 Å². The number of rotatable bonds is 5. The zero-order chi connectivity index (χ0) is 18.7. The topological polar surface area (TPSA) is 117 Å². The molecule has 0 radical (unpaired) electrons. The summed E-state index contributed by atoms with van der Waals surface area (Å²) in [6.07, 6.45) is 0. The van der Waals surface area contributed by atoms with Crippen molar-refractivity contribution in [2.75, 3.05) is 5.32 Å². The molecule has 0 aliphatic rings. The van der Waals surface area contributed by atoms with E-state index in [4.69, 9.17) is 16.9 Å². The summed E-state index contributed by atoms with van der Waals surface area (Å²) < 4.78 is 0.663. The largest absolute Gasteiger partial charge is 0.369 e. The summed E-state index contributed by atoms with van der Waals surface area (Å²) in [7, 11) is 0. The van der Waals surface area contributed by atoms with E-state index in [1.54, 1.807) is 31.2 Å². The van der Waals surface area contributed by atoms with Crippen LogP contribution < -0.4 is 5.32 Å². The molecule has 1 unspecified atom stereocenters. The number of non-ortho nitro benzene ring substituents is 1. The summed E-state index contributed by atoms with van der Waals surface area (Å²) in [4.78, 5) is 14.6. The lowest BCUT2D eigenvalue weighted by Crippen LogP contribution is -2.12. The number of hydrogen-bond acceptors (Lipinski definition) is 8. The van der Waals surface area contributed by atoms with Crippen molar-refractivity contribution >= 4 is 55.3 Å². The van der Waals surface area contributed by atoms with E-state index in [9.17, 15) is 10.1 Å². The first-order chi connectivity index (χ1) is 12.5. The van der Waals surface area contributed by atoms with E-state index < -0.39 is 4.92 Å². The number of fused-ring (bicyclic) bond motifs is 1. The number of halogens is 1. The zero-order valence-corrected chi connectivity index (χ0v) is 15.0. The average molecular weight is 387 g/mol. The summed E-state index contributed by atoms with van der Waals surface area (Å²) in [5.41, 5.74) is 1.78. The third kappa shape index (κ3) is 3.93. The Hall–Kier alpha value is -3.09. The number of hydrogen-bond donors (Lipinski definition) is 1. The molecule has 130 valence electrons. The van der Waals surface area contributed by atoms with Crippen molar-refractivity contribution in [1.29, 1.82) is 5.26 Å². The zero-order valence-electron chi connectivity index (χ0n) is 13.4. The molecule has 0 saturated heterocycles. The van der Waals surface area contributed by atoms with Crippen LogP contribution in [0.2, 0.25) is 5.02 Å². The molecule has 1 heterocycles. The molecule has 1 N–H and O–H groups in total. The minimum absolute atomic E-state index is 0.00565. The van der Waals surface area contributed by atoms with Crippen molar-refractivity contribution in [2.45, 2.75) is 13.0 Å². The maximum Gasteiger partial charge on any atom is 0.270 e. The number of nitrogens with one attached hydrogen (secondary N) is 1.